The van der Waals surface area contributed by atoms with E-state index < -0.39 is 17.6 Å². The topological polar surface area (TPSA) is 119 Å². The fraction of sp³-hybridized carbons (Fsp3) is 0.238. The van der Waals surface area contributed by atoms with Gasteiger partial charge < -0.3 is 20.9 Å². The number of nitrogens with two attached hydrogens (primary N) is 1. The molecule has 162 valence electrons. The number of halogens is 1. The number of carbonyl (C=O) groups excluding carboxylic acids is 3. The van der Waals surface area contributed by atoms with Crippen molar-refractivity contribution in [1.29, 1.82) is 0 Å². The Hall–Kier alpha value is -3.53. The molecule has 3 aromatic rings. The highest BCUT2D eigenvalue weighted by Crippen LogP contribution is 2.24. The predicted molar refractivity (Wildman–Crippen MR) is 117 cm³/mol. The second kappa shape index (κ2) is 8.68. The number of hydrogen-bond acceptors (Lipinski definition) is 6. The molecule has 0 spiro atoms. The zero-order chi connectivity index (χ0) is 22.9. The van der Waals surface area contributed by atoms with E-state index in [0.29, 0.717) is 32.5 Å². The Balaban J connectivity index is 1.81. The molecular weight excluding hydrogens is 421 g/mol. The summed E-state index contributed by atoms with van der Waals surface area (Å²) in [6.45, 7) is 5.02. The van der Waals surface area contributed by atoms with Crippen LogP contribution in [0.1, 0.15) is 42.5 Å². The summed E-state index contributed by atoms with van der Waals surface area (Å²) in [5.74, 6) is -2.37. The first-order valence-corrected chi connectivity index (χ1v) is 10.2. The number of nitrogens with zero attached hydrogens (tertiary/aromatic N) is 2. The lowest BCUT2D eigenvalue weighted by molar-refractivity contribution is -0.117. The maximum Gasteiger partial charge on any atom is 0.294 e. The largest absolute Gasteiger partial charge is 0.375 e. The highest BCUT2D eigenvalue weighted by atomic mass is 32.1. The van der Waals surface area contributed by atoms with Gasteiger partial charge in [0.05, 0.1) is 17.8 Å². The smallest absolute Gasteiger partial charge is 0.294 e. The Bertz CT molecular complexity index is 1200. The van der Waals surface area contributed by atoms with Crippen molar-refractivity contribution >= 4 is 39.8 Å². The van der Waals surface area contributed by atoms with Gasteiger partial charge in [-0.05, 0) is 50.1 Å². The van der Waals surface area contributed by atoms with E-state index in [4.69, 9.17) is 5.73 Å². The lowest BCUT2D eigenvalue weighted by Gasteiger charge is -2.07. The number of rotatable bonds is 6. The number of nitrogen functional groups attached to an aromatic ring is 1. The van der Waals surface area contributed by atoms with Crippen molar-refractivity contribution in [3.63, 3.8) is 0 Å². The molecule has 0 saturated carbocycles. The van der Waals surface area contributed by atoms with Gasteiger partial charge in [0, 0.05) is 29.5 Å². The number of thiazole rings is 1. The number of Topliss-reactive ketones (excluding diaryl/α,β-unsaturated/α-hetero) is 1. The van der Waals surface area contributed by atoms with Gasteiger partial charge in [-0.3, -0.25) is 14.4 Å². The molecule has 0 aliphatic heterocycles. The molecule has 0 aliphatic rings. The Morgan fingerprint density at radius 2 is 1.94 bits per heavy atom. The summed E-state index contributed by atoms with van der Waals surface area (Å²) < 4.78 is 15.0. The van der Waals surface area contributed by atoms with Crippen molar-refractivity contribution in [1.82, 2.24) is 14.9 Å². The summed E-state index contributed by atoms with van der Waals surface area (Å²) in [6, 6.07) is 4.25. The molecule has 10 heteroatoms. The van der Waals surface area contributed by atoms with E-state index in [2.05, 4.69) is 15.6 Å². The molecule has 3 rings (SSSR count). The first-order chi connectivity index (χ1) is 14.6. The SMILES string of the molecule is Cc1cc(NC(=O)c2c(C)c(C(=O)C(=O)NCc3cnc(N)s3)n(C)c2C)ccc1F. The summed E-state index contributed by atoms with van der Waals surface area (Å²) in [6.07, 6.45) is 1.53. The van der Waals surface area contributed by atoms with Crippen LogP contribution in [-0.4, -0.2) is 27.1 Å². The minimum atomic E-state index is -0.795. The molecule has 0 atom stereocenters. The molecule has 2 aromatic heterocycles. The minimum absolute atomic E-state index is 0.124. The van der Waals surface area contributed by atoms with Crippen LogP contribution >= 0.6 is 11.3 Å². The first-order valence-electron chi connectivity index (χ1n) is 9.36. The number of ketones is 1. The van der Waals surface area contributed by atoms with Gasteiger partial charge in [0.15, 0.2) is 5.13 Å². The Morgan fingerprint density at radius 1 is 1.23 bits per heavy atom. The number of aryl methyl sites for hydroxylation is 1. The quantitative estimate of drug-likeness (QED) is 0.400. The van der Waals surface area contributed by atoms with E-state index in [1.807, 2.05) is 0 Å². The molecule has 1 aromatic carbocycles. The monoisotopic (exact) mass is 443 g/mol. The number of aromatic nitrogens is 2. The van der Waals surface area contributed by atoms with Crippen LogP contribution in [0.15, 0.2) is 24.4 Å². The third-order valence-corrected chi connectivity index (χ3v) is 5.82. The second-order valence-electron chi connectivity index (χ2n) is 7.09. The van der Waals surface area contributed by atoms with Crippen LogP contribution in [0.3, 0.4) is 0 Å². The van der Waals surface area contributed by atoms with Gasteiger partial charge in [-0.25, -0.2) is 9.37 Å². The number of benzene rings is 1. The summed E-state index contributed by atoms with van der Waals surface area (Å²) in [5, 5.41) is 5.64. The molecule has 8 nitrogen and oxygen atoms in total. The van der Waals surface area contributed by atoms with Gasteiger partial charge in [0.1, 0.15) is 5.82 Å². The number of amides is 2. The van der Waals surface area contributed by atoms with Crippen molar-refractivity contribution in [2.24, 2.45) is 7.05 Å². The van der Waals surface area contributed by atoms with E-state index in [-0.39, 0.29) is 23.6 Å². The average molecular weight is 444 g/mol. The van der Waals surface area contributed by atoms with Crippen LogP contribution in [0.2, 0.25) is 0 Å². The van der Waals surface area contributed by atoms with Gasteiger partial charge >= 0.3 is 0 Å². The molecule has 2 heterocycles. The van der Waals surface area contributed by atoms with E-state index in [1.54, 1.807) is 27.8 Å². The summed E-state index contributed by atoms with van der Waals surface area (Å²) >= 11 is 1.22. The molecule has 0 saturated heterocycles. The number of hydrogen-bond donors (Lipinski definition) is 3. The molecule has 31 heavy (non-hydrogen) atoms. The van der Waals surface area contributed by atoms with Crippen molar-refractivity contribution < 1.29 is 18.8 Å². The van der Waals surface area contributed by atoms with Gasteiger partial charge in [-0.1, -0.05) is 0 Å². The van der Waals surface area contributed by atoms with Crippen molar-refractivity contribution in [2.75, 3.05) is 11.1 Å². The second-order valence-corrected chi connectivity index (χ2v) is 8.23. The van der Waals surface area contributed by atoms with Gasteiger partial charge in [0.2, 0.25) is 0 Å². The summed E-state index contributed by atoms with van der Waals surface area (Å²) in [5.41, 5.74) is 7.72. The Kier molecular flexibility index (Phi) is 6.21. The molecule has 0 bridgehead atoms. The maximum absolute atomic E-state index is 13.5. The van der Waals surface area contributed by atoms with Crippen LogP contribution in [0.5, 0.6) is 0 Å². The van der Waals surface area contributed by atoms with Crippen molar-refractivity contribution in [3.05, 3.63) is 63.2 Å². The maximum atomic E-state index is 13.5. The lowest BCUT2D eigenvalue weighted by Crippen LogP contribution is -2.32. The molecular formula is C21H22FN5O3S. The number of carbonyl (C=O) groups is 3. The first kappa shape index (κ1) is 22.2. The molecule has 4 N–H and O–H groups in total. The van der Waals surface area contributed by atoms with E-state index in [9.17, 15) is 18.8 Å². The Morgan fingerprint density at radius 3 is 2.55 bits per heavy atom. The third-order valence-electron chi connectivity index (χ3n) is 4.99. The molecule has 0 fully saturated rings. The third kappa shape index (κ3) is 4.48. The van der Waals surface area contributed by atoms with Crippen LogP contribution in [0.25, 0.3) is 0 Å². The van der Waals surface area contributed by atoms with Gasteiger partial charge in [-0.15, -0.1) is 11.3 Å². The highest BCUT2D eigenvalue weighted by Gasteiger charge is 2.28. The van der Waals surface area contributed by atoms with Crippen LogP contribution in [0.4, 0.5) is 15.2 Å². The fourth-order valence-electron chi connectivity index (χ4n) is 3.31. The average Bonchev–Trinajstić information content (AvgIpc) is 3.22. The molecule has 0 aliphatic carbocycles. The Labute approximate surface area is 182 Å². The zero-order valence-electron chi connectivity index (χ0n) is 17.5. The van der Waals surface area contributed by atoms with E-state index in [0.717, 1.165) is 0 Å². The molecule has 0 unspecified atom stereocenters. The van der Waals surface area contributed by atoms with Crippen LogP contribution in [0, 0.1) is 26.6 Å². The predicted octanol–water partition coefficient (Wildman–Crippen LogP) is 2.88. The van der Waals surface area contributed by atoms with Crippen molar-refractivity contribution in [3.8, 4) is 0 Å². The minimum Gasteiger partial charge on any atom is -0.375 e. The normalized spacial score (nSPS) is 10.7. The zero-order valence-corrected chi connectivity index (χ0v) is 18.3. The summed E-state index contributed by atoms with van der Waals surface area (Å²) in [7, 11) is 1.62. The standard InChI is InChI=1S/C21H22FN5O3S/c1-10-7-13(5-6-15(10)22)26-19(29)16-11(2)17(27(4)12(16)3)18(28)20(30)24-8-14-9-25-21(23)31-14/h5-7,9H,8H2,1-4H3,(H2,23,25)(H,24,30)(H,26,29). The number of nitrogens with one attached hydrogen (secondary N) is 2. The van der Waals surface area contributed by atoms with Gasteiger partial charge in [-0.2, -0.15) is 0 Å². The molecule has 2 amide bonds. The number of anilines is 2. The lowest BCUT2D eigenvalue weighted by atomic mass is 10.1. The highest BCUT2D eigenvalue weighted by molar-refractivity contribution is 7.15. The van der Waals surface area contributed by atoms with Crippen LogP contribution < -0.4 is 16.4 Å². The van der Waals surface area contributed by atoms with Crippen molar-refractivity contribution in [2.45, 2.75) is 27.3 Å². The van der Waals surface area contributed by atoms with Gasteiger partial charge in [0.25, 0.3) is 17.6 Å². The van der Waals surface area contributed by atoms with E-state index in [1.165, 1.54) is 40.3 Å². The van der Waals surface area contributed by atoms with E-state index >= 15 is 0 Å². The van der Waals surface area contributed by atoms with Crippen LogP contribution in [-0.2, 0) is 18.4 Å². The molecule has 0 radical (unpaired) electrons. The summed E-state index contributed by atoms with van der Waals surface area (Å²) in [4.78, 5) is 42.7. The fourth-order valence-corrected chi connectivity index (χ4v) is 3.93.